The van der Waals surface area contributed by atoms with Crippen molar-refractivity contribution in [3.63, 3.8) is 0 Å². The minimum absolute atomic E-state index is 0. The Labute approximate surface area is 181 Å². The zero-order valence-corrected chi connectivity index (χ0v) is 18.9. The summed E-state index contributed by atoms with van der Waals surface area (Å²) in [6.07, 6.45) is 0.643. The van der Waals surface area contributed by atoms with E-state index in [4.69, 9.17) is 4.52 Å². The van der Waals surface area contributed by atoms with Crippen LogP contribution >= 0.6 is 24.0 Å². The number of halogens is 1. The lowest BCUT2D eigenvalue weighted by Crippen LogP contribution is -2.38. The van der Waals surface area contributed by atoms with Crippen LogP contribution in [-0.2, 0) is 13.0 Å². The van der Waals surface area contributed by atoms with Gasteiger partial charge in [-0.05, 0) is 38.5 Å². The first-order valence-corrected chi connectivity index (χ1v) is 8.92. The first-order valence-electron chi connectivity index (χ1n) is 8.92. The van der Waals surface area contributed by atoms with E-state index in [1.807, 2.05) is 23.7 Å². The Morgan fingerprint density at radius 2 is 1.96 bits per heavy atom. The molecule has 0 bridgehead atoms. The monoisotopic (exact) mass is 495 g/mol. The van der Waals surface area contributed by atoms with E-state index in [9.17, 15) is 0 Å². The number of aromatic nitrogens is 4. The van der Waals surface area contributed by atoms with Gasteiger partial charge in [-0.3, -0.25) is 4.99 Å². The van der Waals surface area contributed by atoms with Crippen molar-refractivity contribution in [1.82, 2.24) is 30.6 Å². The Morgan fingerprint density at radius 3 is 2.61 bits per heavy atom. The number of hydrogen-bond donors (Lipinski definition) is 2. The molecule has 2 aromatic heterocycles. The summed E-state index contributed by atoms with van der Waals surface area (Å²) in [5, 5.41) is 15.0. The molecule has 8 nitrogen and oxygen atoms in total. The minimum Gasteiger partial charge on any atom is -0.356 e. The lowest BCUT2D eigenvalue weighted by molar-refractivity contribution is 0.374. The fourth-order valence-corrected chi connectivity index (χ4v) is 2.87. The predicted molar refractivity (Wildman–Crippen MR) is 119 cm³/mol. The largest absolute Gasteiger partial charge is 0.356 e. The minimum atomic E-state index is 0. The summed E-state index contributed by atoms with van der Waals surface area (Å²) in [6.45, 7) is 7.15. The van der Waals surface area contributed by atoms with Gasteiger partial charge < -0.3 is 15.2 Å². The second-order valence-electron chi connectivity index (χ2n) is 6.31. The SMILES string of the molecule is CN=C(NCCc1nc(C)no1)NCc1ccccc1-n1nc(C)cc1C.I. The van der Waals surface area contributed by atoms with Gasteiger partial charge in [-0.1, -0.05) is 23.4 Å². The van der Waals surface area contributed by atoms with Crippen molar-refractivity contribution in [3.05, 3.63) is 59.0 Å². The van der Waals surface area contributed by atoms with E-state index in [-0.39, 0.29) is 24.0 Å². The van der Waals surface area contributed by atoms with Crippen LogP contribution < -0.4 is 10.6 Å². The van der Waals surface area contributed by atoms with Gasteiger partial charge in [0.05, 0.1) is 11.4 Å². The Hall–Kier alpha value is -2.43. The van der Waals surface area contributed by atoms with E-state index >= 15 is 0 Å². The first-order chi connectivity index (χ1) is 13.1. The highest BCUT2D eigenvalue weighted by atomic mass is 127. The van der Waals surface area contributed by atoms with Gasteiger partial charge in [-0.15, -0.1) is 24.0 Å². The lowest BCUT2D eigenvalue weighted by atomic mass is 10.1. The van der Waals surface area contributed by atoms with Crippen molar-refractivity contribution in [2.24, 2.45) is 4.99 Å². The number of hydrogen-bond acceptors (Lipinski definition) is 5. The molecule has 28 heavy (non-hydrogen) atoms. The molecule has 0 saturated carbocycles. The van der Waals surface area contributed by atoms with Crippen molar-refractivity contribution in [2.75, 3.05) is 13.6 Å². The van der Waals surface area contributed by atoms with Crippen molar-refractivity contribution in [1.29, 1.82) is 0 Å². The van der Waals surface area contributed by atoms with E-state index in [0.717, 1.165) is 28.6 Å². The van der Waals surface area contributed by atoms with Gasteiger partial charge >= 0.3 is 0 Å². The van der Waals surface area contributed by atoms with Gasteiger partial charge in [0.1, 0.15) is 0 Å². The van der Waals surface area contributed by atoms with Gasteiger partial charge in [0.25, 0.3) is 0 Å². The molecule has 9 heteroatoms. The predicted octanol–water partition coefficient (Wildman–Crippen LogP) is 2.71. The van der Waals surface area contributed by atoms with Gasteiger partial charge in [-0.25, -0.2) is 4.68 Å². The molecule has 0 atom stereocenters. The maximum atomic E-state index is 5.12. The number of aryl methyl sites for hydroxylation is 3. The molecule has 0 fully saturated rings. The molecular formula is C19H26IN7O. The Kier molecular flexibility index (Phi) is 7.97. The van der Waals surface area contributed by atoms with Crippen LogP contribution in [-0.4, -0.2) is 39.5 Å². The third-order valence-electron chi connectivity index (χ3n) is 4.10. The van der Waals surface area contributed by atoms with Crippen LogP contribution in [0.3, 0.4) is 0 Å². The standard InChI is InChI=1S/C19H25N7O.HI/c1-13-11-14(2)26(24-13)17-8-6-5-7-16(17)12-22-19(20-4)21-10-9-18-23-15(3)25-27-18;/h5-8,11H,9-10,12H2,1-4H3,(H2,20,21,22);1H. The lowest BCUT2D eigenvalue weighted by Gasteiger charge is -2.14. The summed E-state index contributed by atoms with van der Waals surface area (Å²) < 4.78 is 7.09. The van der Waals surface area contributed by atoms with Crippen molar-refractivity contribution < 1.29 is 4.52 Å². The molecule has 3 aromatic rings. The van der Waals surface area contributed by atoms with Gasteiger partial charge in [0, 0.05) is 32.3 Å². The first kappa shape index (κ1) is 21.9. The summed E-state index contributed by atoms with van der Waals surface area (Å²) in [5.41, 5.74) is 4.31. The molecule has 0 amide bonds. The molecule has 0 aliphatic carbocycles. The van der Waals surface area contributed by atoms with Gasteiger partial charge in [-0.2, -0.15) is 10.1 Å². The topological polar surface area (TPSA) is 93.2 Å². The molecule has 0 saturated heterocycles. The highest BCUT2D eigenvalue weighted by Gasteiger charge is 2.09. The van der Waals surface area contributed by atoms with Crippen LogP contribution in [0.15, 0.2) is 39.8 Å². The van der Waals surface area contributed by atoms with E-state index < -0.39 is 0 Å². The number of rotatable bonds is 6. The molecule has 0 aliphatic rings. The number of nitrogens with one attached hydrogen (secondary N) is 2. The molecule has 0 aliphatic heterocycles. The normalized spacial score (nSPS) is 11.2. The quantitative estimate of drug-likeness (QED) is 0.311. The van der Waals surface area contributed by atoms with Crippen LogP contribution in [0.2, 0.25) is 0 Å². The maximum Gasteiger partial charge on any atom is 0.228 e. The molecule has 2 heterocycles. The Bertz CT molecular complexity index is 932. The molecule has 1 aromatic carbocycles. The van der Waals surface area contributed by atoms with Gasteiger partial charge in [0.15, 0.2) is 11.8 Å². The number of aliphatic imine (C=N–C) groups is 1. The highest BCUT2D eigenvalue weighted by molar-refractivity contribution is 14.0. The summed E-state index contributed by atoms with van der Waals surface area (Å²) in [7, 11) is 1.75. The zero-order valence-electron chi connectivity index (χ0n) is 16.6. The van der Waals surface area contributed by atoms with Crippen LogP contribution in [0.25, 0.3) is 5.69 Å². The smallest absolute Gasteiger partial charge is 0.228 e. The molecular weight excluding hydrogens is 469 g/mol. The summed E-state index contributed by atoms with van der Waals surface area (Å²) in [6, 6.07) is 10.3. The summed E-state index contributed by atoms with van der Waals surface area (Å²) in [4.78, 5) is 8.46. The fourth-order valence-electron chi connectivity index (χ4n) is 2.87. The average molecular weight is 495 g/mol. The number of guanidine groups is 1. The Morgan fingerprint density at radius 1 is 1.18 bits per heavy atom. The van der Waals surface area contributed by atoms with Gasteiger partial charge in [0.2, 0.25) is 5.89 Å². The number of benzene rings is 1. The van der Waals surface area contributed by atoms with Crippen LogP contribution in [0.4, 0.5) is 0 Å². The summed E-state index contributed by atoms with van der Waals surface area (Å²) in [5.74, 6) is 1.98. The highest BCUT2D eigenvalue weighted by Crippen LogP contribution is 2.16. The van der Waals surface area contributed by atoms with E-state index in [1.54, 1.807) is 14.0 Å². The molecule has 0 radical (unpaired) electrons. The van der Waals surface area contributed by atoms with Crippen molar-refractivity contribution in [2.45, 2.75) is 33.7 Å². The number of para-hydroxylation sites is 1. The second kappa shape index (κ2) is 10.2. The van der Waals surface area contributed by atoms with Crippen molar-refractivity contribution >= 4 is 29.9 Å². The summed E-state index contributed by atoms with van der Waals surface area (Å²) >= 11 is 0. The second-order valence-corrected chi connectivity index (χ2v) is 6.31. The Balaban J connectivity index is 0.00000280. The molecule has 3 rings (SSSR count). The third-order valence-corrected chi connectivity index (χ3v) is 4.10. The zero-order chi connectivity index (χ0) is 19.2. The van der Waals surface area contributed by atoms with E-state index in [1.165, 1.54) is 0 Å². The van der Waals surface area contributed by atoms with Crippen LogP contribution in [0.5, 0.6) is 0 Å². The van der Waals surface area contributed by atoms with Crippen molar-refractivity contribution in [3.8, 4) is 5.69 Å². The average Bonchev–Trinajstić information content (AvgIpc) is 3.22. The third kappa shape index (κ3) is 5.54. The maximum absolute atomic E-state index is 5.12. The molecule has 0 spiro atoms. The van der Waals surface area contributed by atoms with Crippen LogP contribution in [0.1, 0.15) is 28.7 Å². The van der Waals surface area contributed by atoms with E-state index in [2.05, 4.69) is 56.0 Å². The molecule has 0 unspecified atom stereocenters. The fraction of sp³-hybridized carbons (Fsp3) is 0.368. The molecule has 2 N–H and O–H groups in total. The number of nitrogens with zero attached hydrogens (tertiary/aromatic N) is 5. The van der Waals surface area contributed by atoms with Crippen LogP contribution in [0, 0.1) is 20.8 Å². The molecule has 150 valence electrons. The van der Waals surface area contributed by atoms with E-state index in [0.29, 0.717) is 31.2 Å².